The summed E-state index contributed by atoms with van der Waals surface area (Å²) in [5, 5.41) is 9.91. The Balaban J connectivity index is 2.04. The molecule has 1 fully saturated rings. The second-order valence-corrected chi connectivity index (χ2v) is 6.39. The molecule has 0 heterocycles. The van der Waals surface area contributed by atoms with Crippen LogP contribution in [0.2, 0.25) is 0 Å². The maximum Gasteiger partial charge on any atom is 0.257 e. The monoisotopic (exact) mass is 311 g/mol. The third-order valence-electron chi connectivity index (χ3n) is 3.53. The van der Waals surface area contributed by atoms with E-state index in [1.54, 1.807) is 37.1 Å². The summed E-state index contributed by atoms with van der Waals surface area (Å²) in [5.74, 6) is 0.575. The maximum absolute atomic E-state index is 12.2. The lowest BCUT2D eigenvalue weighted by molar-refractivity contribution is 0.0745. The molecule has 1 amide bonds. The molecule has 0 spiro atoms. The lowest BCUT2D eigenvalue weighted by Gasteiger charge is -2.34. The molecule has 1 aromatic carbocycles. The number of aromatic hydroxyl groups is 1. The third-order valence-corrected chi connectivity index (χ3v) is 4.27. The highest BCUT2D eigenvalue weighted by Gasteiger charge is 2.29. The first-order chi connectivity index (χ1) is 8.49. The van der Waals surface area contributed by atoms with E-state index in [2.05, 4.69) is 15.9 Å². The number of benzene rings is 1. The van der Waals surface area contributed by atoms with Gasteiger partial charge in [0.25, 0.3) is 5.91 Å². The van der Waals surface area contributed by atoms with Gasteiger partial charge in [-0.1, -0.05) is 28.1 Å². The summed E-state index contributed by atoms with van der Waals surface area (Å²) in [6, 6.07) is 5.27. The fourth-order valence-corrected chi connectivity index (χ4v) is 3.37. The Bertz CT molecular complexity index is 455. The number of amides is 1. The molecule has 3 nitrogen and oxygen atoms in total. The van der Waals surface area contributed by atoms with Crippen LogP contribution >= 0.6 is 15.9 Å². The normalized spacial score (nSPS) is 22.4. The van der Waals surface area contributed by atoms with Crippen LogP contribution in [0.25, 0.3) is 0 Å². The zero-order valence-electron chi connectivity index (χ0n) is 10.7. The van der Waals surface area contributed by atoms with E-state index in [4.69, 9.17) is 0 Å². The zero-order valence-corrected chi connectivity index (χ0v) is 12.3. The minimum absolute atomic E-state index is 0.0985. The minimum atomic E-state index is -0.103. The quantitative estimate of drug-likeness (QED) is 0.872. The second kappa shape index (κ2) is 5.31. The molecule has 0 unspecified atom stereocenters. The van der Waals surface area contributed by atoms with Crippen molar-refractivity contribution in [3.8, 4) is 5.75 Å². The Morgan fingerprint density at radius 3 is 2.78 bits per heavy atom. The number of hydrogen-bond acceptors (Lipinski definition) is 2. The van der Waals surface area contributed by atoms with Crippen LogP contribution in [0.1, 0.15) is 28.8 Å². The van der Waals surface area contributed by atoms with Crippen molar-refractivity contribution >= 4 is 21.8 Å². The standard InChI is InChI=1S/C14H18BrNO2/c1-9-4-3-5-12(13(9)17)14(18)16(2)8-10-6-11(15)7-10/h3-5,10-11,17H,6-8H2,1-2H3. The lowest BCUT2D eigenvalue weighted by atomic mass is 9.85. The van der Waals surface area contributed by atoms with Gasteiger partial charge in [-0.15, -0.1) is 0 Å². The van der Waals surface area contributed by atoms with Crippen LogP contribution in [0.3, 0.4) is 0 Å². The molecule has 18 heavy (non-hydrogen) atoms. The number of aryl methyl sites for hydroxylation is 1. The van der Waals surface area contributed by atoms with Gasteiger partial charge < -0.3 is 10.0 Å². The Hall–Kier alpha value is -1.03. The van der Waals surface area contributed by atoms with Crippen molar-refractivity contribution in [3.63, 3.8) is 0 Å². The van der Waals surface area contributed by atoms with Gasteiger partial charge in [0.15, 0.2) is 0 Å². The van der Waals surface area contributed by atoms with Crippen molar-refractivity contribution in [1.82, 2.24) is 4.90 Å². The molecular weight excluding hydrogens is 294 g/mol. The molecule has 0 saturated heterocycles. The molecular formula is C14H18BrNO2. The molecule has 1 aliphatic carbocycles. The molecule has 0 aliphatic heterocycles. The van der Waals surface area contributed by atoms with Gasteiger partial charge in [-0.2, -0.15) is 0 Å². The topological polar surface area (TPSA) is 40.5 Å². The number of hydrogen-bond donors (Lipinski definition) is 1. The minimum Gasteiger partial charge on any atom is -0.507 e. The van der Waals surface area contributed by atoms with Crippen molar-refractivity contribution in [3.05, 3.63) is 29.3 Å². The first-order valence-electron chi connectivity index (χ1n) is 6.17. The van der Waals surface area contributed by atoms with E-state index in [1.807, 2.05) is 0 Å². The smallest absolute Gasteiger partial charge is 0.257 e. The van der Waals surface area contributed by atoms with Crippen LogP contribution in [0.5, 0.6) is 5.75 Å². The summed E-state index contributed by atoms with van der Waals surface area (Å²) >= 11 is 3.55. The summed E-state index contributed by atoms with van der Waals surface area (Å²) in [6.45, 7) is 2.56. The molecule has 98 valence electrons. The summed E-state index contributed by atoms with van der Waals surface area (Å²) < 4.78 is 0. The van der Waals surface area contributed by atoms with Crippen molar-refractivity contribution in [1.29, 1.82) is 0 Å². The lowest BCUT2D eigenvalue weighted by Crippen LogP contribution is -2.37. The summed E-state index contributed by atoms with van der Waals surface area (Å²) in [6.07, 6.45) is 2.24. The Morgan fingerprint density at radius 2 is 2.17 bits per heavy atom. The number of rotatable bonds is 3. The van der Waals surface area contributed by atoms with Gasteiger partial charge in [-0.05, 0) is 37.3 Å². The van der Waals surface area contributed by atoms with Gasteiger partial charge in [-0.25, -0.2) is 0 Å². The molecule has 4 heteroatoms. The van der Waals surface area contributed by atoms with Crippen LogP contribution in [0.15, 0.2) is 18.2 Å². The van der Waals surface area contributed by atoms with Crippen LogP contribution in [-0.4, -0.2) is 34.3 Å². The van der Waals surface area contributed by atoms with Crippen LogP contribution in [0, 0.1) is 12.8 Å². The third kappa shape index (κ3) is 2.69. The van der Waals surface area contributed by atoms with Gasteiger partial charge in [0.1, 0.15) is 5.75 Å². The highest BCUT2D eigenvalue weighted by molar-refractivity contribution is 9.09. The highest BCUT2D eigenvalue weighted by Crippen LogP contribution is 2.34. The van der Waals surface area contributed by atoms with Crippen LogP contribution in [0.4, 0.5) is 0 Å². The van der Waals surface area contributed by atoms with E-state index >= 15 is 0 Å². The van der Waals surface area contributed by atoms with Gasteiger partial charge in [0.2, 0.25) is 0 Å². The molecule has 0 atom stereocenters. The number of nitrogens with zero attached hydrogens (tertiary/aromatic N) is 1. The first-order valence-corrected chi connectivity index (χ1v) is 7.08. The van der Waals surface area contributed by atoms with Gasteiger partial charge in [0, 0.05) is 18.4 Å². The predicted molar refractivity (Wildman–Crippen MR) is 75.2 cm³/mol. The largest absolute Gasteiger partial charge is 0.507 e. The van der Waals surface area contributed by atoms with Gasteiger partial charge >= 0.3 is 0 Å². The Kier molecular flexibility index (Phi) is 3.95. The molecule has 1 N–H and O–H groups in total. The summed E-state index contributed by atoms with van der Waals surface area (Å²) in [5.41, 5.74) is 1.13. The molecule has 0 radical (unpaired) electrons. The van der Waals surface area contributed by atoms with Crippen molar-refractivity contribution in [2.24, 2.45) is 5.92 Å². The number of carbonyl (C=O) groups is 1. The average molecular weight is 312 g/mol. The molecule has 1 saturated carbocycles. The van der Waals surface area contributed by atoms with E-state index in [0.29, 0.717) is 16.3 Å². The zero-order chi connectivity index (χ0) is 13.3. The maximum atomic E-state index is 12.2. The van der Waals surface area contributed by atoms with Gasteiger partial charge in [0.05, 0.1) is 5.56 Å². The van der Waals surface area contributed by atoms with E-state index in [9.17, 15) is 9.90 Å². The number of para-hydroxylation sites is 1. The highest BCUT2D eigenvalue weighted by atomic mass is 79.9. The molecule has 0 aromatic heterocycles. The van der Waals surface area contributed by atoms with E-state index in [0.717, 1.165) is 24.9 Å². The predicted octanol–water partition coefficient (Wildman–Crippen LogP) is 2.95. The number of carbonyl (C=O) groups excluding carboxylic acids is 1. The van der Waals surface area contributed by atoms with Gasteiger partial charge in [-0.3, -0.25) is 4.79 Å². The second-order valence-electron chi connectivity index (χ2n) is 5.09. The fraction of sp³-hybridized carbons (Fsp3) is 0.500. The number of halogens is 1. The molecule has 2 rings (SSSR count). The molecule has 1 aliphatic rings. The summed E-state index contributed by atoms with van der Waals surface area (Å²) in [7, 11) is 1.80. The van der Waals surface area contributed by atoms with Crippen LogP contribution in [-0.2, 0) is 0 Å². The molecule has 0 bridgehead atoms. The first kappa shape index (κ1) is 13.4. The number of alkyl halides is 1. The van der Waals surface area contributed by atoms with Crippen molar-refractivity contribution < 1.29 is 9.90 Å². The van der Waals surface area contributed by atoms with E-state index in [-0.39, 0.29) is 11.7 Å². The SMILES string of the molecule is Cc1cccc(C(=O)N(C)CC2CC(Br)C2)c1O. The molecule has 1 aromatic rings. The van der Waals surface area contributed by atoms with Crippen molar-refractivity contribution in [2.45, 2.75) is 24.6 Å². The van der Waals surface area contributed by atoms with Crippen LogP contribution < -0.4 is 0 Å². The van der Waals surface area contributed by atoms with E-state index < -0.39 is 0 Å². The Morgan fingerprint density at radius 1 is 1.50 bits per heavy atom. The number of phenolic OH excluding ortho intramolecular Hbond substituents is 1. The van der Waals surface area contributed by atoms with Crippen molar-refractivity contribution in [2.75, 3.05) is 13.6 Å². The Labute approximate surface area is 116 Å². The summed E-state index contributed by atoms with van der Waals surface area (Å²) in [4.78, 5) is 14.5. The average Bonchev–Trinajstić information content (AvgIpc) is 2.30. The fourth-order valence-electron chi connectivity index (χ4n) is 2.31. The number of phenols is 1. The van der Waals surface area contributed by atoms with E-state index in [1.165, 1.54) is 0 Å².